The number of allylic oxidation sites excluding steroid dienone is 1. The Morgan fingerprint density at radius 1 is 0.952 bits per heavy atom. The number of H-pyrrole nitrogens is 2. The van der Waals surface area contributed by atoms with Gasteiger partial charge in [0.05, 0.1) is 0 Å². The highest BCUT2D eigenvalue weighted by molar-refractivity contribution is 5.56. The van der Waals surface area contributed by atoms with Gasteiger partial charge in [-0.2, -0.15) is 0 Å². The zero-order valence-corrected chi connectivity index (χ0v) is 12.1. The summed E-state index contributed by atoms with van der Waals surface area (Å²) in [6.07, 6.45) is 6.92. The van der Waals surface area contributed by atoms with E-state index in [-0.39, 0.29) is 22.4 Å². The molecule has 108 valence electrons. The summed E-state index contributed by atoms with van der Waals surface area (Å²) in [7, 11) is 0. The van der Waals surface area contributed by atoms with Crippen molar-refractivity contribution in [3.8, 4) is 0 Å². The smallest absolute Gasteiger partial charge is 0.272 e. The van der Waals surface area contributed by atoms with Crippen molar-refractivity contribution < 1.29 is 0 Å². The van der Waals surface area contributed by atoms with Gasteiger partial charge in [-0.05, 0) is 17.6 Å². The zero-order chi connectivity index (χ0) is 15.2. The molecule has 1 heterocycles. The fraction of sp³-hybridized carbons (Fsp3) is 0.176. The molecule has 0 saturated carbocycles. The van der Waals surface area contributed by atoms with E-state index in [1.54, 1.807) is 18.2 Å². The SMILES string of the molecule is CC(C)/C=c1/[nH]c(=O)/c(=C/C=C/c2ccccc2)[nH]c1=O. The van der Waals surface area contributed by atoms with Crippen molar-refractivity contribution >= 4 is 18.2 Å². The second kappa shape index (κ2) is 6.70. The quantitative estimate of drug-likeness (QED) is 0.882. The van der Waals surface area contributed by atoms with Gasteiger partial charge < -0.3 is 9.97 Å². The highest BCUT2D eigenvalue weighted by atomic mass is 16.1. The van der Waals surface area contributed by atoms with E-state index in [9.17, 15) is 9.59 Å². The van der Waals surface area contributed by atoms with Crippen LogP contribution >= 0.6 is 0 Å². The highest BCUT2D eigenvalue weighted by Crippen LogP contribution is 2.00. The summed E-state index contributed by atoms with van der Waals surface area (Å²) in [5.74, 6) is 0.189. The fourth-order valence-corrected chi connectivity index (χ4v) is 1.88. The molecule has 0 unspecified atom stereocenters. The number of aromatic nitrogens is 2. The third-order valence-electron chi connectivity index (χ3n) is 2.84. The second-order valence-electron chi connectivity index (χ2n) is 5.08. The van der Waals surface area contributed by atoms with Crippen LogP contribution in [0.3, 0.4) is 0 Å². The molecule has 0 bridgehead atoms. The standard InChI is InChI=1S/C17H18N2O2/c1-12(2)11-15-17(21)18-14(16(20)19-15)10-6-9-13-7-4-3-5-8-13/h3-12H,1-2H3,(H,18,21)(H,19,20)/b9-6+,14-10-,15-11+. The minimum absolute atomic E-state index is 0.189. The molecule has 0 atom stereocenters. The maximum Gasteiger partial charge on any atom is 0.272 e. The molecule has 0 spiro atoms. The van der Waals surface area contributed by atoms with E-state index in [0.29, 0.717) is 5.35 Å². The van der Waals surface area contributed by atoms with Crippen LogP contribution in [-0.2, 0) is 0 Å². The van der Waals surface area contributed by atoms with Crippen LogP contribution in [0.1, 0.15) is 19.4 Å². The molecule has 0 radical (unpaired) electrons. The topological polar surface area (TPSA) is 65.7 Å². The van der Waals surface area contributed by atoms with Crippen LogP contribution in [-0.4, -0.2) is 9.97 Å². The van der Waals surface area contributed by atoms with Gasteiger partial charge in [-0.3, -0.25) is 9.59 Å². The predicted octanol–water partition coefficient (Wildman–Crippen LogP) is 0.994. The average molecular weight is 282 g/mol. The summed E-state index contributed by atoms with van der Waals surface area (Å²) < 4.78 is 0. The van der Waals surface area contributed by atoms with Crippen LogP contribution in [0.25, 0.3) is 18.2 Å². The minimum Gasteiger partial charge on any atom is -0.316 e. The van der Waals surface area contributed by atoms with E-state index >= 15 is 0 Å². The maximum atomic E-state index is 11.9. The highest BCUT2D eigenvalue weighted by Gasteiger charge is 1.95. The molecule has 0 aliphatic rings. The monoisotopic (exact) mass is 282 g/mol. The summed E-state index contributed by atoms with van der Waals surface area (Å²) in [6.45, 7) is 3.89. The Kier molecular flexibility index (Phi) is 4.72. The number of hydrogen-bond acceptors (Lipinski definition) is 2. The molecule has 2 rings (SSSR count). The lowest BCUT2D eigenvalue weighted by Crippen LogP contribution is -2.46. The van der Waals surface area contributed by atoms with E-state index in [1.165, 1.54) is 0 Å². The molecule has 4 heteroatoms. The van der Waals surface area contributed by atoms with Gasteiger partial charge in [0.2, 0.25) is 0 Å². The summed E-state index contributed by atoms with van der Waals surface area (Å²) in [5.41, 5.74) is 0.430. The number of aromatic amines is 2. The first kappa shape index (κ1) is 14.8. The molecule has 0 saturated heterocycles. The van der Waals surface area contributed by atoms with Gasteiger partial charge in [0, 0.05) is 0 Å². The van der Waals surface area contributed by atoms with Crippen LogP contribution < -0.4 is 21.8 Å². The summed E-state index contributed by atoms with van der Waals surface area (Å²) in [5, 5.41) is 0.548. The van der Waals surface area contributed by atoms with Crippen molar-refractivity contribution in [3.63, 3.8) is 0 Å². The summed E-state index contributed by atoms with van der Waals surface area (Å²) >= 11 is 0. The van der Waals surface area contributed by atoms with Gasteiger partial charge >= 0.3 is 0 Å². The van der Waals surface area contributed by atoms with Crippen molar-refractivity contribution in [2.75, 3.05) is 0 Å². The van der Waals surface area contributed by atoms with Crippen molar-refractivity contribution in [2.24, 2.45) is 5.92 Å². The Bertz CT molecular complexity index is 856. The molecule has 0 amide bonds. The third-order valence-corrected chi connectivity index (χ3v) is 2.84. The Morgan fingerprint density at radius 2 is 1.57 bits per heavy atom. The fourth-order valence-electron chi connectivity index (χ4n) is 1.88. The number of benzene rings is 1. The van der Waals surface area contributed by atoms with E-state index < -0.39 is 0 Å². The van der Waals surface area contributed by atoms with Gasteiger partial charge in [0.15, 0.2) is 0 Å². The Hall–Kier alpha value is -2.62. The van der Waals surface area contributed by atoms with Gasteiger partial charge in [-0.15, -0.1) is 0 Å². The largest absolute Gasteiger partial charge is 0.316 e. The van der Waals surface area contributed by atoms with E-state index in [1.807, 2.05) is 50.3 Å². The summed E-state index contributed by atoms with van der Waals surface area (Å²) in [4.78, 5) is 29.0. The number of nitrogens with one attached hydrogen (secondary N) is 2. The molecule has 0 fully saturated rings. The van der Waals surface area contributed by atoms with Gasteiger partial charge in [-0.25, -0.2) is 0 Å². The van der Waals surface area contributed by atoms with Crippen molar-refractivity contribution in [3.05, 3.63) is 73.4 Å². The van der Waals surface area contributed by atoms with E-state index in [2.05, 4.69) is 9.97 Å². The molecular formula is C17H18N2O2. The van der Waals surface area contributed by atoms with Crippen LogP contribution in [0, 0.1) is 5.92 Å². The Labute approximate surface area is 122 Å². The van der Waals surface area contributed by atoms with E-state index in [0.717, 1.165) is 5.56 Å². The molecule has 2 N–H and O–H groups in total. The first-order valence-corrected chi connectivity index (χ1v) is 6.84. The Balaban J connectivity index is 2.40. The first-order valence-electron chi connectivity index (χ1n) is 6.84. The lowest BCUT2D eigenvalue weighted by atomic mass is 10.2. The molecule has 4 nitrogen and oxygen atoms in total. The molecule has 1 aromatic heterocycles. The van der Waals surface area contributed by atoms with Gasteiger partial charge in [0.25, 0.3) is 11.1 Å². The molecule has 21 heavy (non-hydrogen) atoms. The number of hydrogen-bond donors (Lipinski definition) is 2. The van der Waals surface area contributed by atoms with Crippen LogP contribution in [0.2, 0.25) is 0 Å². The van der Waals surface area contributed by atoms with Crippen molar-refractivity contribution in [2.45, 2.75) is 13.8 Å². The van der Waals surface area contributed by atoms with E-state index in [4.69, 9.17) is 0 Å². The number of rotatable bonds is 3. The molecule has 0 aliphatic carbocycles. The van der Waals surface area contributed by atoms with Crippen molar-refractivity contribution in [1.29, 1.82) is 0 Å². The normalized spacial score (nSPS) is 13.5. The Morgan fingerprint density at radius 3 is 2.24 bits per heavy atom. The van der Waals surface area contributed by atoms with Gasteiger partial charge in [0.1, 0.15) is 10.7 Å². The van der Waals surface area contributed by atoms with Crippen LogP contribution in [0.15, 0.2) is 46.0 Å². The zero-order valence-electron chi connectivity index (χ0n) is 12.1. The van der Waals surface area contributed by atoms with Crippen LogP contribution in [0.4, 0.5) is 0 Å². The molecule has 2 aromatic rings. The first-order chi connectivity index (χ1) is 10.1. The maximum absolute atomic E-state index is 11.9. The molecule has 0 aliphatic heterocycles. The molecule has 1 aromatic carbocycles. The molecular weight excluding hydrogens is 264 g/mol. The summed E-state index contributed by atoms with van der Waals surface area (Å²) in [6, 6.07) is 9.72. The average Bonchev–Trinajstić information content (AvgIpc) is 2.44. The minimum atomic E-state index is -0.306. The predicted molar refractivity (Wildman–Crippen MR) is 86.2 cm³/mol. The van der Waals surface area contributed by atoms with Crippen molar-refractivity contribution in [1.82, 2.24) is 9.97 Å². The lowest BCUT2D eigenvalue weighted by molar-refractivity contribution is 0.866. The second-order valence-corrected chi connectivity index (χ2v) is 5.08. The van der Waals surface area contributed by atoms with Crippen LogP contribution in [0.5, 0.6) is 0 Å². The third kappa shape index (κ3) is 4.18. The van der Waals surface area contributed by atoms with Gasteiger partial charge in [-0.1, -0.05) is 62.4 Å². The lowest BCUT2D eigenvalue weighted by Gasteiger charge is -1.93.